The molecule has 0 saturated heterocycles. The second-order valence-electron chi connectivity index (χ2n) is 4.86. The average Bonchev–Trinajstić information content (AvgIpc) is 2.53. The zero-order valence-electron chi connectivity index (χ0n) is 12.6. The highest BCUT2D eigenvalue weighted by Gasteiger charge is 2.18. The number of benzene rings is 2. The molecule has 0 fully saturated rings. The zero-order chi connectivity index (χ0) is 16.8. The van der Waals surface area contributed by atoms with Crippen LogP contribution in [0.1, 0.15) is 17.3 Å². The molecule has 2 amide bonds. The number of hydrogen-bond donors (Lipinski definition) is 1. The molecule has 1 N–H and O–H groups in total. The molecule has 0 radical (unpaired) electrons. The predicted molar refractivity (Wildman–Crippen MR) is 93.3 cm³/mol. The van der Waals surface area contributed by atoms with E-state index >= 15 is 0 Å². The van der Waals surface area contributed by atoms with E-state index in [1.54, 1.807) is 42.5 Å². The second kappa shape index (κ2) is 7.99. The highest BCUT2D eigenvalue weighted by atomic mass is 35.5. The molecule has 2 aromatic rings. The summed E-state index contributed by atoms with van der Waals surface area (Å²) < 4.78 is 0. The van der Waals surface area contributed by atoms with Gasteiger partial charge in [-0.25, -0.2) is 0 Å². The summed E-state index contributed by atoms with van der Waals surface area (Å²) in [6.07, 6.45) is 0. The van der Waals surface area contributed by atoms with E-state index in [-0.39, 0.29) is 24.9 Å². The van der Waals surface area contributed by atoms with Crippen molar-refractivity contribution in [3.05, 3.63) is 64.1 Å². The van der Waals surface area contributed by atoms with Crippen molar-refractivity contribution < 1.29 is 9.59 Å². The van der Waals surface area contributed by atoms with Crippen molar-refractivity contribution in [1.29, 1.82) is 0 Å². The third kappa shape index (κ3) is 4.47. The van der Waals surface area contributed by atoms with Crippen LogP contribution in [-0.2, 0) is 4.79 Å². The largest absolute Gasteiger partial charge is 0.350 e. The van der Waals surface area contributed by atoms with E-state index in [1.165, 1.54) is 11.8 Å². The first kappa shape index (κ1) is 17.3. The van der Waals surface area contributed by atoms with Crippen molar-refractivity contribution in [1.82, 2.24) is 5.32 Å². The Balaban J connectivity index is 2.04. The molecule has 120 valence electrons. The Morgan fingerprint density at radius 2 is 1.61 bits per heavy atom. The molecule has 0 unspecified atom stereocenters. The number of hydrogen-bond acceptors (Lipinski definition) is 2. The summed E-state index contributed by atoms with van der Waals surface area (Å²) in [5.74, 6) is -0.395. The van der Waals surface area contributed by atoms with Gasteiger partial charge in [-0.1, -0.05) is 47.5 Å². The predicted octanol–water partition coefficient (Wildman–Crippen LogP) is 3.78. The van der Waals surface area contributed by atoms with Gasteiger partial charge in [-0.3, -0.25) is 9.59 Å². The molecular formula is C17H16Cl2N2O2. The van der Waals surface area contributed by atoms with Gasteiger partial charge < -0.3 is 10.2 Å². The van der Waals surface area contributed by atoms with Crippen molar-refractivity contribution in [2.24, 2.45) is 0 Å². The normalized spacial score (nSPS) is 10.2. The summed E-state index contributed by atoms with van der Waals surface area (Å²) in [6.45, 7) is 1.99. The van der Waals surface area contributed by atoms with Gasteiger partial charge in [0.05, 0.1) is 15.7 Å². The number of amides is 2. The van der Waals surface area contributed by atoms with Crippen LogP contribution in [0.5, 0.6) is 0 Å². The fourth-order valence-corrected chi connectivity index (χ4v) is 2.75. The summed E-state index contributed by atoms with van der Waals surface area (Å²) in [4.78, 5) is 25.3. The molecule has 0 aliphatic heterocycles. The lowest BCUT2D eigenvalue weighted by atomic mass is 10.2. The van der Waals surface area contributed by atoms with E-state index < -0.39 is 0 Å². The highest BCUT2D eigenvalue weighted by Crippen LogP contribution is 2.33. The van der Waals surface area contributed by atoms with Crippen LogP contribution in [0.15, 0.2) is 48.5 Å². The van der Waals surface area contributed by atoms with Gasteiger partial charge in [0.2, 0.25) is 5.91 Å². The van der Waals surface area contributed by atoms with Crippen molar-refractivity contribution in [2.45, 2.75) is 6.92 Å². The monoisotopic (exact) mass is 350 g/mol. The quantitative estimate of drug-likeness (QED) is 0.891. The molecule has 2 rings (SSSR count). The first-order chi connectivity index (χ1) is 11.0. The second-order valence-corrected chi connectivity index (χ2v) is 5.68. The Kier molecular flexibility index (Phi) is 6.02. The number of carbonyl (C=O) groups excluding carboxylic acids is 2. The molecule has 0 bridgehead atoms. The average molecular weight is 351 g/mol. The maximum Gasteiger partial charge on any atom is 0.251 e. The lowest BCUT2D eigenvalue weighted by molar-refractivity contribution is -0.116. The van der Waals surface area contributed by atoms with Crippen LogP contribution in [0.4, 0.5) is 5.69 Å². The number of halogens is 2. The Bertz CT molecular complexity index is 685. The first-order valence-electron chi connectivity index (χ1n) is 7.06. The fourth-order valence-electron chi connectivity index (χ4n) is 2.15. The van der Waals surface area contributed by atoms with Crippen molar-refractivity contribution >= 4 is 40.7 Å². The Hall–Kier alpha value is -2.04. The summed E-state index contributed by atoms with van der Waals surface area (Å²) in [6, 6.07) is 13.9. The number of nitrogens with one attached hydrogen (secondary N) is 1. The van der Waals surface area contributed by atoms with Crippen LogP contribution in [0.2, 0.25) is 10.0 Å². The van der Waals surface area contributed by atoms with Crippen LogP contribution >= 0.6 is 23.2 Å². The maximum atomic E-state index is 12.0. The Morgan fingerprint density at radius 3 is 2.17 bits per heavy atom. The third-order valence-corrected chi connectivity index (χ3v) is 3.85. The number of rotatable bonds is 5. The molecule has 0 aromatic heterocycles. The zero-order valence-corrected chi connectivity index (χ0v) is 14.1. The fraction of sp³-hybridized carbons (Fsp3) is 0.176. The molecular weight excluding hydrogens is 335 g/mol. The smallest absolute Gasteiger partial charge is 0.251 e. The van der Waals surface area contributed by atoms with Gasteiger partial charge in [0.25, 0.3) is 5.91 Å². The summed E-state index contributed by atoms with van der Waals surface area (Å²) in [5, 5.41) is 3.56. The maximum absolute atomic E-state index is 12.0. The molecule has 0 spiro atoms. The minimum absolute atomic E-state index is 0.195. The molecule has 6 heteroatoms. The molecule has 23 heavy (non-hydrogen) atoms. The first-order valence-corrected chi connectivity index (χ1v) is 7.81. The van der Waals surface area contributed by atoms with Crippen LogP contribution in [0, 0.1) is 0 Å². The number of para-hydroxylation sites is 1. The lowest BCUT2D eigenvalue weighted by Crippen LogP contribution is -2.37. The van der Waals surface area contributed by atoms with E-state index in [2.05, 4.69) is 5.32 Å². The van der Waals surface area contributed by atoms with Gasteiger partial charge in [0.15, 0.2) is 0 Å². The summed E-state index contributed by atoms with van der Waals surface area (Å²) in [5.41, 5.74) is 1.02. The lowest BCUT2D eigenvalue weighted by Gasteiger charge is -2.23. The highest BCUT2D eigenvalue weighted by molar-refractivity contribution is 6.39. The number of anilines is 1. The number of carbonyl (C=O) groups is 2. The van der Waals surface area contributed by atoms with Gasteiger partial charge in [-0.05, 0) is 24.3 Å². The molecule has 4 nitrogen and oxygen atoms in total. The van der Waals surface area contributed by atoms with Gasteiger partial charge in [0, 0.05) is 25.6 Å². The molecule has 0 aliphatic rings. The van der Waals surface area contributed by atoms with E-state index in [9.17, 15) is 9.59 Å². The van der Waals surface area contributed by atoms with E-state index in [1.807, 2.05) is 6.07 Å². The third-order valence-electron chi connectivity index (χ3n) is 3.24. The standard InChI is InChI=1S/C17H16Cl2N2O2/c1-12(22)21(16-14(18)8-5-9-15(16)19)11-10-20-17(23)13-6-3-2-4-7-13/h2-9H,10-11H2,1H3,(H,20,23). The van der Waals surface area contributed by atoms with E-state index in [0.717, 1.165) is 0 Å². The van der Waals surface area contributed by atoms with Gasteiger partial charge in [-0.2, -0.15) is 0 Å². The van der Waals surface area contributed by atoms with Gasteiger partial charge in [0.1, 0.15) is 0 Å². The van der Waals surface area contributed by atoms with Crippen LogP contribution in [0.25, 0.3) is 0 Å². The molecule has 0 aliphatic carbocycles. The molecule has 0 heterocycles. The summed E-state index contributed by atoms with van der Waals surface area (Å²) in [7, 11) is 0. The molecule has 0 saturated carbocycles. The van der Waals surface area contributed by atoms with E-state index in [4.69, 9.17) is 23.2 Å². The SMILES string of the molecule is CC(=O)N(CCNC(=O)c1ccccc1)c1c(Cl)cccc1Cl. The van der Waals surface area contributed by atoms with Crippen LogP contribution in [0.3, 0.4) is 0 Å². The minimum Gasteiger partial charge on any atom is -0.350 e. The van der Waals surface area contributed by atoms with Crippen molar-refractivity contribution in [3.63, 3.8) is 0 Å². The Morgan fingerprint density at radius 1 is 1.00 bits per heavy atom. The number of nitrogens with zero attached hydrogens (tertiary/aromatic N) is 1. The van der Waals surface area contributed by atoms with Gasteiger partial charge in [-0.15, -0.1) is 0 Å². The Labute approximate surface area is 145 Å². The molecule has 2 aromatic carbocycles. The molecule has 0 atom stereocenters. The van der Waals surface area contributed by atoms with Gasteiger partial charge >= 0.3 is 0 Å². The minimum atomic E-state index is -0.200. The van der Waals surface area contributed by atoms with Crippen molar-refractivity contribution in [2.75, 3.05) is 18.0 Å². The van der Waals surface area contributed by atoms with E-state index in [0.29, 0.717) is 21.3 Å². The topological polar surface area (TPSA) is 49.4 Å². The summed E-state index contributed by atoms with van der Waals surface area (Å²) >= 11 is 12.3. The van der Waals surface area contributed by atoms with Crippen LogP contribution < -0.4 is 10.2 Å². The van der Waals surface area contributed by atoms with Crippen molar-refractivity contribution in [3.8, 4) is 0 Å². The van der Waals surface area contributed by atoms with Crippen LogP contribution in [-0.4, -0.2) is 24.9 Å².